The van der Waals surface area contributed by atoms with Gasteiger partial charge in [-0.15, -0.1) is 0 Å². The highest BCUT2D eigenvalue weighted by Gasteiger charge is 2.39. The maximum Gasteiger partial charge on any atom is 0.170 e. The second kappa shape index (κ2) is 7.25. The zero-order chi connectivity index (χ0) is 18.3. The molecule has 0 bridgehead atoms. The Morgan fingerprint density at radius 1 is 1.19 bits per heavy atom. The number of ether oxygens (including phenoxy) is 1. The molecule has 2 aromatic rings. The van der Waals surface area contributed by atoms with E-state index in [1.54, 1.807) is 0 Å². The van der Waals surface area contributed by atoms with Crippen LogP contribution in [0.4, 0.5) is 8.78 Å². The third-order valence-electron chi connectivity index (χ3n) is 5.31. The molecule has 0 radical (unpaired) electrons. The predicted octanol–water partition coefficient (Wildman–Crippen LogP) is 4.20. The number of rotatable bonds is 3. The molecule has 2 aromatic carbocycles. The minimum atomic E-state index is -0.699. The Hall–Kier alpha value is -1.50. The van der Waals surface area contributed by atoms with Crippen molar-refractivity contribution in [2.24, 2.45) is 5.73 Å². The Morgan fingerprint density at radius 3 is 2.77 bits per heavy atom. The second-order valence-electron chi connectivity index (χ2n) is 7.10. The van der Waals surface area contributed by atoms with E-state index in [1.165, 1.54) is 11.6 Å². The van der Waals surface area contributed by atoms with Gasteiger partial charge in [-0.05, 0) is 58.9 Å². The van der Waals surface area contributed by atoms with Gasteiger partial charge >= 0.3 is 0 Å². The lowest BCUT2D eigenvalue weighted by atomic mass is 10.0. The molecule has 26 heavy (non-hydrogen) atoms. The first kappa shape index (κ1) is 17.9. The van der Waals surface area contributed by atoms with E-state index in [9.17, 15) is 8.78 Å². The van der Waals surface area contributed by atoms with Crippen LogP contribution in [0.15, 0.2) is 40.9 Å². The molecule has 1 saturated heterocycles. The SMILES string of the molecule is N[C@H]1CCCN([C@@H]2Cc3ccccc3[C@H]2Oc2c(F)cc(F)cc2Br)C1. The molecule has 0 aromatic heterocycles. The van der Waals surface area contributed by atoms with Crippen molar-refractivity contribution in [2.45, 2.75) is 37.5 Å². The summed E-state index contributed by atoms with van der Waals surface area (Å²) in [5, 5.41) is 0. The van der Waals surface area contributed by atoms with Gasteiger partial charge in [-0.3, -0.25) is 4.90 Å². The number of nitrogens with zero attached hydrogens (tertiary/aromatic N) is 1. The number of nitrogens with two attached hydrogens (primary N) is 1. The van der Waals surface area contributed by atoms with E-state index in [1.807, 2.05) is 18.2 Å². The molecule has 3 nitrogen and oxygen atoms in total. The summed E-state index contributed by atoms with van der Waals surface area (Å²) in [6, 6.07) is 10.4. The third kappa shape index (κ3) is 3.38. The summed E-state index contributed by atoms with van der Waals surface area (Å²) in [7, 11) is 0. The van der Waals surface area contributed by atoms with E-state index < -0.39 is 11.6 Å². The largest absolute Gasteiger partial charge is 0.480 e. The van der Waals surface area contributed by atoms with Gasteiger partial charge in [0.1, 0.15) is 11.9 Å². The molecular weight excluding hydrogens is 402 g/mol. The number of likely N-dealkylation sites (tertiary alicyclic amines) is 1. The van der Waals surface area contributed by atoms with Gasteiger partial charge in [0.15, 0.2) is 11.6 Å². The third-order valence-corrected chi connectivity index (χ3v) is 5.90. The van der Waals surface area contributed by atoms with Gasteiger partial charge in [-0.1, -0.05) is 24.3 Å². The molecule has 1 aliphatic heterocycles. The van der Waals surface area contributed by atoms with Gasteiger partial charge in [0, 0.05) is 18.7 Å². The summed E-state index contributed by atoms with van der Waals surface area (Å²) in [4.78, 5) is 2.36. The zero-order valence-electron chi connectivity index (χ0n) is 14.3. The second-order valence-corrected chi connectivity index (χ2v) is 7.96. The van der Waals surface area contributed by atoms with Crippen LogP contribution in [-0.4, -0.2) is 30.1 Å². The van der Waals surface area contributed by atoms with Crippen LogP contribution in [-0.2, 0) is 6.42 Å². The van der Waals surface area contributed by atoms with Gasteiger partial charge in [0.2, 0.25) is 0 Å². The molecule has 0 amide bonds. The first-order valence-corrected chi connectivity index (χ1v) is 9.71. The maximum absolute atomic E-state index is 14.3. The van der Waals surface area contributed by atoms with E-state index in [-0.39, 0.29) is 28.4 Å². The monoisotopic (exact) mass is 422 g/mol. The summed E-state index contributed by atoms with van der Waals surface area (Å²) in [6.45, 7) is 1.77. The van der Waals surface area contributed by atoms with E-state index in [2.05, 4.69) is 26.9 Å². The van der Waals surface area contributed by atoms with Crippen molar-refractivity contribution in [3.8, 4) is 5.75 Å². The molecule has 0 unspecified atom stereocenters. The van der Waals surface area contributed by atoms with Gasteiger partial charge in [0.05, 0.1) is 10.5 Å². The summed E-state index contributed by atoms with van der Waals surface area (Å²) in [5.41, 5.74) is 8.44. The summed E-state index contributed by atoms with van der Waals surface area (Å²) >= 11 is 3.23. The van der Waals surface area contributed by atoms with Crippen LogP contribution in [0.25, 0.3) is 0 Å². The Kier molecular flexibility index (Phi) is 4.99. The number of piperidine rings is 1. The predicted molar refractivity (Wildman–Crippen MR) is 100 cm³/mol. The van der Waals surface area contributed by atoms with Crippen molar-refractivity contribution in [1.82, 2.24) is 4.90 Å². The van der Waals surface area contributed by atoms with Crippen LogP contribution in [0.2, 0.25) is 0 Å². The fourth-order valence-corrected chi connectivity index (χ4v) is 4.61. The lowest BCUT2D eigenvalue weighted by Gasteiger charge is -2.38. The van der Waals surface area contributed by atoms with Crippen molar-refractivity contribution in [3.05, 3.63) is 63.6 Å². The number of hydrogen-bond acceptors (Lipinski definition) is 3. The fraction of sp³-hybridized carbons (Fsp3) is 0.400. The smallest absolute Gasteiger partial charge is 0.170 e. The van der Waals surface area contributed by atoms with Gasteiger partial charge in [0.25, 0.3) is 0 Å². The molecule has 1 fully saturated rings. The first-order chi connectivity index (χ1) is 12.5. The van der Waals surface area contributed by atoms with Crippen LogP contribution in [0.5, 0.6) is 5.75 Å². The van der Waals surface area contributed by atoms with E-state index in [4.69, 9.17) is 10.5 Å². The Bertz CT molecular complexity index is 793. The van der Waals surface area contributed by atoms with Gasteiger partial charge in [-0.25, -0.2) is 8.78 Å². The normalized spacial score (nSPS) is 25.9. The van der Waals surface area contributed by atoms with Gasteiger partial charge in [-0.2, -0.15) is 0 Å². The number of halogens is 3. The lowest BCUT2D eigenvalue weighted by Crippen LogP contribution is -2.49. The highest BCUT2D eigenvalue weighted by atomic mass is 79.9. The molecule has 0 spiro atoms. The van der Waals surface area contributed by atoms with Crippen molar-refractivity contribution >= 4 is 15.9 Å². The molecule has 1 heterocycles. The van der Waals surface area contributed by atoms with Crippen molar-refractivity contribution in [2.75, 3.05) is 13.1 Å². The molecular formula is C20H21BrF2N2O. The average molecular weight is 423 g/mol. The highest BCUT2D eigenvalue weighted by Crippen LogP contribution is 2.41. The topological polar surface area (TPSA) is 38.5 Å². The van der Waals surface area contributed by atoms with Crippen LogP contribution in [0, 0.1) is 11.6 Å². The van der Waals surface area contributed by atoms with Crippen molar-refractivity contribution in [3.63, 3.8) is 0 Å². The molecule has 138 valence electrons. The van der Waals surface area contributed by atoms with Crippen LogP contribution in [0.1, 0.15) is 30.1 Å². The zero-order valence-corrected chi connectivity index (χ0v) is 15.9. The van der Waals surface area contributed by atoms with Crippen molar-refractivity contribution in [1.29, 1.82) is 0 Å². The Morgan fingerprint density at radius 2 is 2.00 bits per heavy atom. The minimum Gasteiger partial charge on any atom is -0.480 e. The first-order valence-electron chi connectivity index (χ1n) is 8.91. The van der Waals surface area contributed by atoms with E-state index in [0.717, 1.165) is 44.0 Å². The molecule has 2 N–H and O–H groups in total. The quantitative estimate of drug-likeness (QED) is 0.805. The standard InChI is InChI=1S/C20H21BrF2N2O/c21-16-9-13(22)10-17(23)20(16)26-19-15-6-2-1-4-12(15)8-18(19)25-7-3-5-14(24)11-25/h1-2,4,6,9-10,14,18-19H,3,5,7-8,11,24H2/t14-,18+,19+/m0/s1. The molecule has 2 aliphatic rings. The minimum absolute atomic E-state index is 0.0550. The summed E-state index contributed by atoms with van der Waals surface area (Å²) < 4.78 is 34.2. The summed E-state index contributed by atoms with van der Waals surface area (Å²) in [5.74, 6) is -1.28. The van der Waals surface area contributed by atoms with E-state index in [0.29, 0.717) is 0 Å². The lowest BCUT2D eigenvalue weighted by molar-refractivity contribution is 0.0565. The Balaban J connectivity index is 1.68. The maximum atomic E-state index is 14.3. The Labute approximate surface area is 160 Å². The molecule has 6 heteroatoms. The average Bonchev–Trinajstić information content (AvgIpc) is 2.96. The summed E-state index contributed by atoms with van der Waals surface area (Å²) in [6.07, 6.45) is 2.61. The number of benzene rings is 2. The van der Waals surface area contributed by atoms with Crippen LogP contribution >= 0.6 is 15.9 Å². The number of hydrogen-bond donors (Lipinski definition) is 1. The van der Waals surface area contributed by atoms with E-state index >= 15 is 0 Å². The van der Waals surface area contributed by atoms with Crippen LogP contribution < -0.4 is 10.5 Å². The molecule has 1 aliphatic carbocycles. The fourth-order valence-electron chi connectivity index (χ4n) is 4.11. The van der Waals surface area contributed by atoms with Crippen molar-refractivity contribution < 1.29 is 13.5 Å². The van der Waals surface area contributed by atoms with Gasteiger partial charge < -0.3 is 10.5 Å². The molecule has 3 atom stereocenters. The molecule has 4 rings (SSSR count). The molecule has 0 saturated carbocycles. The highest BCUT2D eigenvalue weighted by molar-refractivity contribution is 9.10. The van der Waals surface area contributed by atoms with Crippen LogP contribution in [0.3, 0.4) is 0 Å². The number of fused-ring (bicyclic) bond motifs is 1.